The van der Waals surface area contributed by atoms with Crippen LogP contribution in [0.2, 0.25) is 0 Å². The van der Waals surface area contributed by atoms with Gasteiger partial charge in [0.05, 0.1) is 12.3 Å². The van der Waals surface area contributed by atoms with Crippen LogP contribution < -0.4 is 4.90 Å². The number of carbonyl (C=O) groups excluding carboxylic acids is 1. The van der Waals surface area contributed by atoms with Gasteiger partial charge < -0.3 is 4.74 Å². The molecule has 2 heterocycles. The Labute approximate surface area is 92.8 Å². The molecular formula is C12H12FNO2. The fourth-order valence-electron chi connectivity index (χ4n) is 2.47. The van der Waals surface area contributed by atoms with Crippen LogP contribution in [0.15, 0.2) is 18.2 Å². The maximum Gasteiger partial charge on any atom is 0.229 e. The molecule has 2 aliphatic rings. The minimum Gasteiger partial charge on any atom is -0.351 e. The number of rotatable bonds is 0. The Bertz CT molecular complexity index is 474. The van der Waals surface area contributed by atoms with Crippen molar-refractivity contribution in [2.45, 2.75) is 32.1 Å². The molecule has 84 valence electrons. The van der Waals surface area contributed by atoms with Gasteiger partial charge in [-0.2, -0.15) is 0 Å². The molecule has 3 rings (SSSR count). The summed E-state index contributed by atoms with van der Waals surface area (Å²) < 4.78 is 18.8. The lowest BCUT2D eigenvalue weighted by Crippen LogP contribution is -2.48. The number of carbonyl (C=O) groups is 1. The molecule has 1 atom stereocenters. The summed E-state index contributed by atoms with van der Waals surface area (Å²) in [6, 6.07) is 4.48. The van der Waals surface area contributed by atoms with Crippen LogP contribution in [-0.4, -0.2) is 11.6 Å². The van der Waals surface area contributed by atoms with Gasteiger partial charge >= 0.3 is 0 Å². The van der Waals surface area contributed by atoms with E-state index in [4.69, 9.17) is 4.74 Å². The fourth-order valence-corrected chi connectivity index (χ4v) is 2.47. The number of benzene rings is 1. The van der Waals surface area contributed by atoms with Crippen LogP contribution in [0.5, 0.6) is 0 Å². The van der Waals surface area contributed by atoms with Gasteiger partial charge in [0.25, 0.3) is 0 Å². The van der Waals surface area contributed by atoms with Crippen molar-refractivity contribution in [2.75, 3.05) is 4.90 Å². The van der Waals surface area contributed by atoms with Crippen LogP contribution in [0.3, 0.4) is 0 Å². The minimum absolute atomic E-state index is 0.0510. The summed E-state index contributed by atoms with van der Waals surface area (Å²) in [5, 5.41) is 0. The number of halogens is 1. The summed E-state index contributed by atoms with van der Waals surface area (Å²) in [7, 11) is 0. The first kappa shape index (κ1) is 9.78. The topological polar surface area (TPSA) is 29.5 Å². The molecule has 1 fully saturated rings. The standard InChI is InChI=1S/C12H12FNO2/c1-12-5-4-11(15)14(12)10-3-2-9(13)6-8(10)7-16-12/h2-3,6H,4-5,7H2,1H3. The van der Waals surface area contributed by atoms with Gasteiger partial charge in [-0.3, -0.25) is 9.69 Å². The number of hydrogen-bond donors (Lipinski definition) is 0. The second kappa shape index (κ2) is 3.04. The molecule has 0 aliphatic carbocycles. The predicted molar refractivity (Wildman–Crippen MR) is 56.3 cm³/mol. The summed E-state index contributed by atoms with van der Waals surface area (Å²) >= 11 is 0. The Balaban J connectivity index is 2.15. The number of hydrogen-bond acceptors (Lipinski definition) is 2. The Morgan fingerprint density at radius 3 is 3.12 bits per heavy atom. The van der Waals surface area contributed by atoms with E-state index in [0.29, 0.717) is 19.4 Å². The maximum absolute atomic E-state index is 13.1. The van der Waals surface area contributed by atoms with Crippen LogP contribution >= 0.6 is 0 Å². The largest absolute Gasteiger partial charge is 0.351 e. The molecule has 0 aromatic heterocycles. The summed E-state index contributed by atoms with van der Waals surface area (Å²) in [5.41, 5.74) is 0.993. The Morgan fingerprint density at radius 1 is 1.50 bits per heavy atom. The van der Waals surface area contributed by atoms with E-state index in [1.54, 1.807) is 11.0 Å². The monoisotopic (exact) mass is 221 g/mol. The molecule has 0 bridgehead atoms. The van der Waals surface area contributed by atoms with E-state index in [0.717, 1.165) is 11.3 Å². The molecule has 0 radical (unpaired) electrons. The van der Waals surface area contributed by atoms with E-state index >= 15 is 0 Å². The van der Waals surface area contributed by atoms with Crippen LogP contribution in [0.1, 0.15) is 25.3 Å². The van der Waals surface area contributed by atoms with Crippen molar-refractivity contribution >= 4 is 11.6 Å². The average molecular weight is 221 g/mol. The van der Waals surface area contributed by atoms with Gasteiger partial charge in [0.1, 0.15) is 11.5 Å². The average Bonchev–Trinajstić information content (AvgIpc) is 2.56. The number of anilines is 1. The third-order valence-electron chi connectivity index (χ3n) is 3.35. The first-order valence-corrected chi connectivity index (χ1v) is 5.36. The second-order valence-corrected chi connectivity index (χ2v) is 4.47. The molecule has 3 nitrogen and oxygen atoms in total. The third kappa shape index (κ3) is 1.19. The highest BCUT2D eigenvalue weighted by molar-refractivity contribution is 5.97. The maximum atomic E-state index is 13.1. The molecule has 16 heavy (non-hydrogen) atoms. The summed E-state index contributed by atoms with van der Waals surface area (Å²) in [5.74, 6) is -0.243. The molecule has 4 heteroatoms. The zero-order valence-corrected chi connectivity index (χ0v) is 9.00. The van der Waals surface area contributed by atoms with Gasteiger partial charge in [0, 0.05) is 18.4 Å². The van der Waals surface area contributed by atoms with Gasteiger partial charge in [0.15, 0.2) is 0 Å². The second-order valence-electron chi connectivity index (χ2n) is 4.47. The van der Waals surface area contributed by atoms with Crippen molar-refractivity contribution in [3.8, 4) is 0 Å². The summed E-state index contributed by atoms with van der Waals surface area (Å²) in [4.78, 5) is 13.5. The highest BCUT2D eigenvalue weighted by atomic mass is 19.1. The molecule has 1 aromatic rings. The van der Waals surface area contributed by atoms with Gasteiger partial charge in [-0.05, 0) is 25.1 Å². The molecule has 1 saturated heterocycles. The van der Waals surface area contributed by atoms with E-state index < -0.39 is 5.72 Å². The van der Waals surface area contributed by atoms with Crippen LogP contribution in [-0.2, 0) is 16.1 Å². The first-order chi connectivity index (χ1) is 7.60. The summed E-state index contributed by atoms with van der Waals surface area (Å²) in [6.07, 6.45) is 1.19. The van der Waals surface area contributed by atoms with Gasteiger partial charge in [-0.1, -0.05) is 0 Å². The third-order valence-corrected chi connectivity index (χ3v) is 3.35. The molecular weight excluding hydrogens is 209 g/mol. The van der Waals surface area contributed by atoms with Crippen molar-refractivity contribution in [3.63, 3.8) is 0 Å². The summed E-state index contributed by atoms with van der Waals surface area (Å²) in [6.45, 7) is 2.28. The van der Waals surface area contributed by atoms with Crippen molar-refractivity contribution < 1.29 is 13.9 Å². The van der Waals surface area contributed by atoms with Gasteiger partial charge in [0.2, 0.25) is 5.91 Å². The Kier molecular flexibility index (Phi) is 1.86. The quantitative estimate of drug-likeness (QED) is 0.672. The molecule has 2 aliphatic heterocycles. The molecule has 1 unspecified atom stereocenters. The highest BCUT2D eigenvalue weighted by Crippen LogP contribution is 2.42. The normalized spacial score (nSPS) is 27.9. The molecule has 0 saturated carbocycles. The zero-order chi connectivity index (χ0) is 11.3. The number of nitrogens with zero attached hydrogens (tertiary/aromatic N) is 1. The van der Waals surface area contributed by atoms with Crippen molar-refractivity contribution in [3.05, 3.63) is 29.6 Å². The molecule has 0 N–H and O–H groups in total. The van der Waals surface area contributed by atoms with Crippen LogP contribution in [0, 0.1) is 5.82 Å². The molecule has 0 spiro atoms. The lowest BCUT2D eigenvalue weighted by molar-refractivity contribution is -0.120. The van der Waals surface area contributed by atoms with Gasteiger partial charge in [-0.15, -0.1) is 0 Å². The highest BCUT2D eigenvalue weighted by Gasteiger charge is 2.46. The van der Waals surface area contributed by atoms with E-state index in [1.165, 1.54) is 12.1 Å². The van der Waals surface area contributed by atoms with Crippen molar-refractivity contribution in [2.24, 2.45) is 0 Å². The van der Waals surface area contributed by atoms with E-state index in [9.17, 15) is 9.18 Å². The van der Waals surface area contributed by atoms with Gasteiger partial charge in [-0.25, -0.2) is 4.39 Å². The van der Waals surface area contributed by atoms with Crippen LogP contribution in [0.25, 0.3) is 0 Å². The lowest BCUT2D eigenvalue weighted by atomic mass is 10.1. The number of amides is 1. The Morgan fingerprint density at radius 2 is 2.31 bits per heavy atom. The number of fused-ring (bicyclic) bond motifs is 3. The zero-order valence-electron chi connectivity index (χ0n) is 9.00. The first-order valence-electron chi connectivity index (χ1n) is 5.36. The molecule has 1 amide bonds. The smallest absolute Gasteiger partial charge is 0.229 e. The Hall–Kier alpha value is -1.42. The SMILES string of the molecule is CC12CCC(=O)N1c1ccc(F)cc1CO2. The van der Waals surface area contributed by atoms with Crippen molar-refractivity contribution in [1.82, 2.24) is 0 Å². The van der Waals surface area contributed by atoms with Crippen molar-refractivity contribution in [1.29, 1.82) is 0 Å². The van der Waals surface area contributed by atoms with E-state index in [-0.39, 0.29) is 11.7 Å². The predicted octanol–water partition coefficient (Wildman–Crippen LogP) is 2.20. The fraction of sp³-hybridized carbons (Fsp3) is 0.417. The number of ether oxygens (including phenoxy) is 1. The van der Waals surface area contributed by atoms with E-state index in [2.05, 4.69) is 0 Å². The van der Waals surface area contributed by atoms with E-state index in [1.807, 2.05) is 6.92 Å². The minimum atomic E-state index is -0.540. The molecule has 1 aromatic carbocycles. The lowest BCUT2D eigenvalue weighted by Gasteiger charge is -2.40. The van der Waals surface area contributed by atoms with Crippen LogP contribution in [0.4, 0.5) is 10.1 Å².